The van der Waals surface area contributed by atoms with Crippen LogP contribution in [-0.4, -0.2) is 51.1 Å². The van der Waals surface area contributed by atoms with Crippen molar-refractivity contribution >= 4 is 23.4 Å². The molecule has 26 heavy (non-hydrogen) atoms. The number of amides is 3. The molecule has 0 bridgehead atoms. The van der Waals surface area contributed by atoms with E-state index in [-0.39, 0.29) is 30.1 Å². The molecule has 0 radical (unpaired) electrons. The van der Waals surface area contributed by atoms with Gasteiger partial charge in [0.05, 0.1) is 39.4 Å². The first kappa shape index (κ1) is 18.2. The summed E-state index contributed by atoms with van der Waals surface area (Å²) in [6.07, 6.45) is 1.45. The number of benzene rings is 1. The third kappa shape index (κ3) is 3.24. The fourth-order valence-corrected chi connectivity index (χ4v) is 3.80. The number of methoxy groups -OCH3 is 2. The number of nitrogens with zero attached hydrogens (tertiary/aromatic N) is 1. The Bertz CT molecular complexity index is 728. The van der Waals surface area contributed by atoms with Crippen LogP contribution in [-0.2, 0) is 14.4 Å². The van der Waals surface area contributed by atoms with Gasteiger partial charge in [-0.15, -0.1) is 0 Å². The predicted molar refractivity (Wildman–Crippen MR) is 93.1 cm³/mol. The van der Waals surface area contributed by atoms with Gasteiger partial charge in [-0.05, 0) is 12.1 Å². The van der Waals surface area contributed by atoms with E-state index in [2.05, 4.69) is 0 Å². The number of nitrogens with one attached hydrogen (secondary N) is 1. The summed E-state index contributed by atoms with van der Waals surface area (Å²) in [5, 5.41) is 0. The zero-order chi connectivity index (χ0) is 18.8. The maximum Gasteiger partial charge on any atom is 0.292 e. The number of ether oxygens (including phenoxy) is 2. The Labute approximate surface area is 151 Å². The second-order valence-corrected chi connectivity index (χ2v) is 6.70. The van der Waals surface area contributed by atoms with E-state index in [1.165, 1.54) is 19.1 Å². The zero-order valence-corrected chi connectivity index (χ0v) is 15.0. The molecule has 140 valence electrons. The van der Waals surface area contributed by atoms with Crippen molar-refractivity contribution in [3.63, 3.8) is 0 Å². The van der Waals surface area contributed by atoms with Gasteiger partial charge < -0.3 is 20.1 Å². The molecule has 0 aliphatic carbocycles. The molecule has 2 saturated heterocycles. The highest BCUT2D eigenvalue weighted by atomic mass is 16.5. The van der Waals surface area contributed by atoms with Crippen LogP contribution in [0.1, 0.15) is 19.3 Å². The number of quaternary nitrogens is 1. The molecule has 0 aromatic heterocycles. The number of likely N-dealkylation sites (tertiary alicyclic amines) is 1. The molecule has 2 aliphatic heterocycles. The number of nitrogens with two attached hydrogens (primary N) is 1. The van der Waals surface area contributed by atoms with Gasteiger partial charge >= 0.3 is 0 Å². The lowest BCUT2D eigenvalue weighted by atomic mass is 9.95. The molecule has 3 amide bonds. The summed E-state index contributed by atoms with van der Waals surface area (Å²) in [5.41, 5.74) is 5.80. The Morgan fingerprint density at radius 2 is 1.88 bits per heavy atom. The Kier molecular flexibility index (Phi) is 5.13. The normalized spacial score (nSPS) is 26.1. The molecule has 0 spiro atoms. The Balaban J connectivity index is 1.79. The van der Waals surface area contributed by atoms with E-state index in [1.54, 1.807) is 18.2 Å². The highest BCUT2D eigenvalue weighted by molar-refractivity contribution is 6.22. The molecule has 3 N–H and O–H groups in total. The molecule has 2 fully saturated rings. The van der Waals surface area contributed by atoms with Crippen molar-refractivity contribution < 1.29 is 28.8 Å². The Morgan fingerprint density at radius 1 is 1.19 bits per heavy atom. The maximum atomic E-state index is 13.0. The number of hydrogen-bond acceptors (Lipinski definition) is 5. The number of hydrogen-bond donors (Lipinski definition) is 2. The summed E-state index contributed by atoms with van der Waals surface area (Å²) in [6.45, 7) is 1.32. The molecule has 0 unspecified atom stereocenters. The first-order valence-electron chi connectivity index (χ1n) is 8.69. The minimum absolute atomic E-state index is 0.135. The lowest BCUT2D eigenvalue weighted by Crippen LogP contribution is -3.17. The third-order valence-electron chi connectivity index (χ3n) is 5.30. The lowest BCUT2D eigenvalue weighted by molar-refractivity contribution is -0.920. The van der Waals surface area contributed by atoms with Crippen molar-refractivity contribution in [2.24, 2.45) is 11.7 Å². The van der Waals surface area contributed by atoms with Crippen LogP contribution >= 0.6 is 0 Å². The predicted octanol–water partition coefficient (Wildman–Crippen LogP) is -0.884. The number of anilines is 1. The summed E-state index contributed by atoms with van der Waals surface area (Å²) >= 11 is 0. The van der Waals surface area contributed by atoms with Crippen LogP contribution in [0, 0.1) is 5.92 Å². The summed E-state index contributed by atoms with van der Waals surface area (Å²) in [6, 6.07) is 4.57. The second kappa shape index (κ2) is 7.33. The molecular weight excluding hydrogens is 338 g/mol. The topological polar surface area (TPSA) is 103 Å². The first-order valence-corrected chi connectivity index (χ1v) is 8.69. The van der Waals surface area contributed by atoms with E-state index in [0.717, 1.165) is 4.90 Å². The molecule has 3 rings (SSSR count). The molecular formula is C18H24N3O5+. The summed E-state index contributed by atoms with van der Waals surface area (Å²) < 4.78 is 10.5. The molecule has 1 atom stereocenters. The number of piperidine rings is 1. The van der Waals surface area contributed by atoms with Gasteiger partial charge in [0.25, 0.3) is 5.91 Å². The molecule has 1 aromatic carbocycles. The summed E-state index contributed by atoms with van der Waals surface area (Å²) in [5.74, 6) is 0.0970. The van der Waals surface area contributed by atoms with Gasteiger partial charge in [-0.1, -0.05) is 0 Å². The van der Waals surface area contributed by atoms with Gasteiger partial charge in [-0.3, -0.25) is 14.4 Å². The molecule has 1 aromatic rings. The number of rotatable bonds is 5. The van der Waals surface area contributed by atoms with Gasteiger partial charge in [0.1, 0.15) is 11.5 Å². The fraction of sp³-hybridized carbons (Fsp3) is 0.500. The van der Waals surface area contributed by atoms with E-state index in [1.807, 2.05) is 0 Å². The molecule has 2 heterocycles. The van der Waals surface area contributed by atoms with Crippen molar-refractivity contribution in [3.8, 4) is 11.5 Å². The van der Waals surface area contributed by atoms with Crippen molar-refractivity contribution in [2.45, 2.75) is 25.3 Å². The van der Waals surface area contributed by atoms with Crippen molar-refractivity contribution in [1.82, 2.24) is 0 Å². The number of carbonyl (C=O) groups excluding carboxylic acids is 3. The van der Waals surface area contributed by atoms with Crippen molar-refractivity contribution in [2.75, 3.05) is 32.2 Å². The standard InChI is InChI=1S/C18H23N3O5/c1-25-12-3-4-13(15(9-12)26-2)21-16(22)10-14(18(21)24)20-7-5-11(6-8-20)17(19)23/h3-4,9,11,14H,5-8,10H2,1-2H3,(H2,19,23)/p+1/t14-/m0/s1. The van der Waals surface area contributed by atoms with Gasteiger partial charge in [-0.25, -0.2) is 4.90 Å². The first-order chi connectivity index (χ1) is 12.5. The number of imide groups is 1. The van der Waals surface area contributed by atoms with Gasteiger partial charge in [0.2, 0.25) is 11.8 Å². The average Bonchev–Trinajstić information content (AvgIpc) is 2.95. The number of carbonyl (C=O) groups is 3. The quantitative estimate of drug-likeness (QED) is 0.662. The smallest absolute Gasteiger partial charge is 0.292 e. The van der Waals surface area contributed by atoms with E-state index < -0.39 is 6.04 Å². The average molecular weight is 362 g/mol. The summed E-state index contributed by atoms with van der Waals surface area (Å²) in [4.78, 5) is 39.1. The van der Waals surface area contributed by atoms with Crippen LogP contribution in [0.3, 0.4) is 0 Å². The Hall–Kier alpha value is -2.61. The monoisotopic (exact) mass is 362 g/mol. The minimum atomic E-state index is -0.428. The molecule has 2 aliphatic rings. The largest absolute Gasteiger partial charge is 0.497 e. The van der Waals surface area contributed by atoms with Gasteiger partial charge in [0.15, 0.2) is 6.04 Å². The minimum Gasteiger partial charge on any atom is -0.497 e. The van der Waals surface area contributed by atoms with Crippen LogP contribution in [0.25, 0.3) is 0 Å². The summed E-state index contributed by atoms with van der Waals surface area (Å²) in [7, 11) is 3.02. The van der Waals surface area contributed by atoms with Crippen molar-refractivity contribution in [1.29, 1.82) is 0 Å². The van der Waals surface area contributed by atoms with Crippen LogP contribution < -0.4 is 25.0 Å². The van der Waals surface area contributed by atoms with Crippen LogP contribution in [0.2, 0.25) is 0 Å². The second-order valence-electron chi connectivity index (χ2n) is 6.70. The van der Waals surface area contributed by atoms with E-state index in [4.69, 9.17) is 15.2 Å². The van der Waals surface area contributed by atoms with E-state index in [0.29, 0.717) is 43.1 Å². The van der Waals surface area contributed by atoms with Crippen LogP contribution in [0.4, 0.5) is 5.69 Å². The molecule has 8 heteroatoms. The zero-order valence-electron chi connectivity index (χ0n) is 15.0. The SMILES string of the molecule is COc1ccc(N2C(=O)C[C@H]([NH+]3CCC(C(N)=O)CC3)C2=O)c(OC)c1. The van der Waals surface area contributed by atoms with Gasteiger partial charge in [-0.2, -0.15) is 0 Å². The maximum absolute atomic E-state index is 13.0. The highest BCUT2D eigenvalue weighted by Crippen LogP contribution is 2.34. The molecule has 8 nitrogen and oxygen atoms in total. The lowest BCUT2D eigenvalue weighted by Gasteiger charge is -2.30. The Morgan fingerprint density at radius 3 is 2.46 bits per heavy atom. The third-order valence-corrected chi connectivity index (χ3v) is 5.30. The van der Waals surface area contributed by atoms with Gasteiger partial charge in [0, 0.05) is 24.8 Å². The fourth-order valence-electron chi connectivity index (χ4n) is 3.80. The van der Waals surface area contributed by atoms with Crippen LogP contribution in [0.15, 0.2) is 18.2 Å². The van der Waals surface area contributed by atoms with E-state index in [9.17, 15) is 14.4 Å². The number of primary amides is 1. The highest BCUT2D eigenvalue weighted by Gasteiger charge is 2.47. The molecule has 0 saturated carbocycles. The van der Waals surface area contributed by atoms with Crippen molar-refractivity contribution in [3.05, 3.63) is 18.2 Å². The van der Waals surface area contributed by atoms with E-state index >= 15 is 0 Å². The van der Waals surface area contributed by atoms with Crippen LogP contribution in [0.5, 0.6) is 11.5 Å².